The van der Waals surface area contributed by atoms with Crippen LogP contribution in [0.4, 0.5) is 0 Å². The lowest BCUT2D eigenvalue weighted by Gasteiger charge is -2.72. The van der Waals surface area contributed by atoms with E-state index in [-0.39, 0.29) is 39.7 Å². The number of carboxylic acids is 2. The van der Waals surface area contributed by atoms with Crippen molar-refractivity contribution in [2.75, 3.05) is 0 Å². The first kappa shape index (κ1) is 32.1. The SMILES string of the molecule is C=C(C)[C@@H]1CC[C@]2(C(=O)O)CC[C@]3(C)[C@H](CC[C@@H]4[C@@]5(C)CC[C@H](OC(=O)[C@@H]6CCCC[C@H]6C(=O)O)C(C)(C)[C@@H]5CC[C@]43C)[C@@H]12. The smallest absolute Gasteiger partial charge is 0.310 e. The van der Waals surface area contributed by atoms with Crippen molar-refractivity contribution in [2.45, 2.75) is 138 Å². The summed E-state index contributed by atoms with van der Waals surface area (Å²) in [7, 11) is 0. The number of hydrogen-bond acceptors (Lipinski definition) is 4. The average molecular weight is 611 g/mol. The van der Waals surface area contributed by atoms with E-state index in [2.05, 4.69) is 48.1 Å². The van der Waals surface area contributed by atoms with Gasteiger partial charge in [-0.05, 0) is 130 Å². The van der Waals surface area contributed by atoms with Crippen LogP contribution in [0.3, 0.4) is 0 Å². The van der Waals surface area contributed by atoms with Crippen molar-refractivity contribution in [3.63, 3.8) is 0 Å². The Balaban J connectivity index is 1.26. The van der Waals surface area contributed by atoms with Gasteiger partial charge in [0.15, 0.2) is 0 Å². The molecule has 44 heavy (non-hydrogen) atoms. The van der Waals surface area contributed by atoms with Crippen molar-refractivity contribution < 1.29 is 29.3 Å². The highest BCUT2D eigenvalue weighted by molar-refractivity contribution is 5.81. The monoisotopic (exact) mass is 610 g/mol. The number of carbonyl (C=O) groups excluding carboxylic acids is 1. The van der Waals surface area contributed by atoms with E-state index >= 15 is 0 Å². The molecule has 6 nitrogen and oxygen atoms in total. The summed E-state index contributed by atoms with van der Waals surface area (Å²) in [6, 6.07) is 0. The zero-order valence-corrected chi connectivity index (χ0v) is 28.3. The number of allylic oxidation sites excluding steroid dienone is 1. The second-order valence-corrected chi connectivity index (χ2v) is 17.8. The number of rotatable bonds is 5. The molecule has 0 aliphatic heterocycles. The van der Waals surface area contributed by atoms with Gasteiger partial charge in [-0.2, -0.15) is 0 Å². The highest BCUT2D eigenvalue weighted by atomic mass is 16.5. The van der Waals surface area contributed by atoms with E-state index in [1.807, 2.05) is 0 Å². The van der Waals surface area contributed by atoms with Gasteiger partial charge >= 0.3 is 17.9 Å². The van der Waals surface area contributed by atoms with Crippen molar-refractivity contribution in [1.82, 2.24) is 0 Å². The average Bonchev–Trinajstić information content (AvgIpc) is 3.36. The first-order valence-electron chi connectivity index (χ1n) is 17.9. The number of carbonyl (C=O) groups is 3. The lowest BCUT2D eigenvalue weighted by Crippen LogP contribution is -2.67. The van der Waals surface area contributed by atoms with E-state index in [9.17, 15) is 24.6 Å². The molecule has 6 heteroatoms. The van der Waals surface area contributed by atoms with Crippen LogP contribution in [0.25, 0.3) is 0 Å². The second-order valence-electron chi connectivity index (χ2n) is 17.8. The summed E-state index contributed by atoms with van der Waals surface area (Å²) in [5.41, 5.74) is 0.710. The van der Waals surface area contributed by atoms with Crippen LogP contribution in [0.2, 0.25) is 0 Å². The summed E-state index contributed by atoms with van der Waals surface area (Å²) in [6.07, 6.45) is 12.6. The van der Waals surface area contributed by atoms with Gasteiger partial charge in [0.25, 0.3) is 0 Å². The number of aliphatic carboxylic acids is 2. The first-order chi connectivity index (χ1) is 20.5. The number of hydrogen-bond donors (Lipinski definition) is 2. The molecule has 6 saturated carbocycles. The maximum atomic E-state index is 13.5. The van der Waals surface area contributed by atoms with Gasteiger partial charge in [-0.25, -0.2) is 0 Å². The number of carboxylic acid groups (broad SMARTS) is 2. The third-order valence-electron chi connectivity index (χ3n) is 16.1. The van der Waals surface area contributed by atoms with Gasteiger partial charge in [-0.15, -0.1) is 0 Å². The fraction of sp³-hybridized carbons (Fsp3) is 0.868. The normalized spacial score (nSPS) is 49.4. The molecule has 0 amide bonds. The summed E-state index contributed by atoms with van der Waals surface area (Å²) in [5, 5.41) is 20.4. The quantitative estimate of drug-likeness (QED) is 0.239. The minimum atomic E-state index is -0.867. The molecule has 0 heterocycles. The molecule has 6 aliphatic carbocycles. The van der Waals surface area contributed by atoms with Gasteiger partial charge in [0.1, 0.15) is 6.10 Å². The minimum Gasteiger partial charge on any atom is -0.481 e. The summed E-state index contributed by atoms with van der Waals surface area (Å²) in [4.78, 5) is 38.4. The van der Waals surface area contributed by atoms with E-state index in [0.717, 1.165) is 77.0 Å². The van der Waals surface area contributed by atoms with Gasteiger partial charge in [-0.1, -0.05) is 59.6 Å². The lowest BCUT2D eigenvalue weighted by molar-refractivity contribution is -0.251. The summed E-state index contributed by atoms with van der Waals surface area (Å²) >= 11 is 0. The Morgan fingerprint density at radius 1 is 0.705 bits per heavy atom. The van der Waals surface area contributed by atoms with Gasteiger partial charge in [0.2, 0.25) is 0 Å². The fourth-order valence-electron chi connectivity index (χ4n) is 13.6. The van der Waals surface area contributed by atoms with Gasteiger partial charge in [0, 0.05) is 5.41 Å². The largest absolute Gasteiger partial charge is 0.481 e. The minimum absolute atomic E-state index is 0.0891. The zero-order chi connectivity index (χ0) is 32.0. The van der Waals surface area contributed by atoms with Gasteiger partial charge in [-0.3, -0.25) is 14.4 Å². The molecule has 246 valence electrons. The number of fused-ring (bicyclic) bond motifs is 7. The number of esters is 1. The van der Waals surface area contributed by atoms with E-state index in [1.54, 1.807) is 0 Å². The standard InChI is InChI=1S/C38H58O6/c1-22(2)23-14-19-38(33(42)43)21-20-36(6)26(30(23)38)12-13-28-35(5)17-16-29(34(3,4)27(35)15-18-37(28,36)7)44-32(41)25-11-9-8-10-24(25)31(39)40/h23-30H,1,8-21H2,2-7H3,(H,39,40)(H,42,43)/t23-,24+,25+,26+,27-,28+,29-,30+,35-,36+,37+,38-/m0/s1. The third-order valence-corrected chi connectivity index (χ3v) is 16.1. The van der Waals surface area contributed by atoms with E-state index in [1.165, 1.54) is 5.57 Å². The van der Waals surface area contributed by atoms with Crippen LogP contribution in [0, 0.1) is 68.5 Å². The molecular weight excluding hydrogens is 552 g/mol. The van der Waals surface area contributed by atoms with Crippen LogP contribution in [0.5, 0.6) is 0 Å². The predicted octanol–water partition coefficient (Wildman–Crippen LogP) is 8.53. The van der Waals surface area contributed by atoms with Crippen LogP contribution in [-0.2, 0) is 19.1 Å². The van der Waals surface area contributed by atoms with Gasteiger partial charge < -0.3 is 14.9 Å². The van der Waals surface area contributed by atoms with Crippen molar-refractivity contribution in [2.24, 2.45) is 68.5 Å². The fourth-order valence-corrected chi connectivity index (χ4v) is 13.6. The highest BCUT2D eigenvalue weighted by Gasteiger charge is 2.72. The Morgan fingerprint density at radius 3 is 2.02 bits per heavy atom. The van der Waals surface area contributed by atoms with Crippen LogP contribution in [0.15, 0.2) is 12.2 Å². The van der Waals surface area contributed by atoms with Crippen molar-refractivity contribution in [1.29, 1.82) is 0 Å². The van der Waals surface area contributed by atoms with Crippen molar-refractivity contribution >= 4 is 17.9 Å². The Kier molecular flexibility index (Phi) is 7.73. The van der Waals surface area contributed by atoms with Crippen molar-refractivity contribution in [3.8, 4) is 0 Å². The van der Waals surface area contributed by atoms with Gasteiger partial charge in [0.05, 0.1) is 17.3 Å². The van der Waals surface area contributed by atoms with Crippen LogP contribution < -0.4 is 0 Å². The first-order valence-corrected chi connectivity index (χ1v) is 17.9. The molecule has 0 unspecified atom stereocenters. The second kappa shape index (κ2) is 10.6. The third kappa shape index (κ3) is 4.26. The molecule has 6 aliphatic rings. The lowest BCUT2D eigenvalue weighted by atomic mass is 9.32. The molecule has 6 rings (SSSR count). The molecule has 2 N–H and O–H groups in total. The molecule has 0 aromatic carbocycles. The zero-order valence-electron chi connectivity index (χ0n) is 28.3. The summed E-state index contributed by atoms with van der Waals surface area (Å²) < 4.78 is 6.34. The maximum absolute atomic E-state index is 13.5. The maximum Gasteiger partial charge on any atom is 0.310 e. The predicted molar refractivity (Wildman–Crippen MR) is 170 cm³/mol. The Morgan fingerprint density at radius 2 is 1.39 bits per heavy atom. The Bertz CT molecular complexity index is 1220. The molecule has 0 spiro atoms. The van der Waals surface area contributed by atoms with Crippen LogP contribution in [-0.4, -0.2) is 34.2 Å². The highest BCUT2D eigenvalue weighted by Crippen LogP contribution is 2.77. The van der Waals surface area contributed by atoms with E-state index in [0.29, 0.717) is 36.5 Å². The Labute approximate surface area is 265 Å². The molecule has 0 saturated heterocycles. The molecule has 0 aromatic heterocycles. The van der Waals surface area contributed by atoms with Crippen molar-refractivity contribution in [3.05, 3.63) is 12.2 Å². The summed E-state index contributed by atoms with van der Waals surface area (Å²) in [5.74, 6) is -1.04. The van der Waals surface area contributed by atoms with Crippen LogP contribution in [0.1, 0.15) is 131 Å². The summed E-state index contributed by atoms with van der Waals surface area (Å²) in [6.45, 7) is 18.7. The Hall–Kier alpha value is -1.85. The van der Waals surface area contributed by atoms with Crippen LogP contribution >= 0.6 is 0 Å². The molecule has 0 radical (unpaired) electrons. The molecule has 12 atom stereocenters. The van der Waals surface area contributed by atoms with E-state index < -0.39 is 29.2 Å². The number of ether oxygens (including phenoxy) is 1. The molecule has 6 fully saturated rings. The molecule has 0 bridgehead atoms. The van der Waals surface area contributed by atoms with E-state index in [4.69, 9.17) is 4.74 Å². The molecular formula is C38H58O6. The molecule has 0 aromatic rings. The topological polar surface area (TPSA) is 101 Å².